The Morgan fingerprint density at radius 1 is 1.19 bits per heavy atom. The molecule has 0 fully saturated rings. The van der Waals surface area contributed by atoms with Gasteiger partial charge in [0.25, 0.3) is 0 Å². The third kappa shape index (κ3) is 2.51. The number of carbonyl (C=O) groups excluding carboxylic acids is 1. The Balaban J connectivity index is 2.11. The fourth-order valence-corrected chi connectivity index (χ4v) is 2.76. The van der Waals surface area contributed by atoms with Gasteiger partial charge in [0.1, 0.15) is 5.76 Å². The molecule has 0 amide bonds. The molecule has 0 bridgehead atoms. The summed E-state index contributed by atoms with van der Waals surface area (Å²) in [5.74, 6) is 0.624. The Morgan fingerprint density at radius 2 is 1.95 bits per heavy atom. The minimum absolute atomic E-state index is 0.209. The highest BCUT2D eigenvalue weighted by molar-refractivity contribution is 6.03. The van der Waals surface area contributed by atoms with Crippen LogP contribution in [0, 0.1) is 6.92 Å². The first-order valence-electron chi connectivity index (χ1n) is 7.25. The number of hydrogen-bond donors (Lipinski definition) is 0. The van der Waals surface area contributed by atoms with Crippen molar-refractivity contribution in [1.82, 2.24) is 0 Å². The molecule has 1 aliphatic heterocycles. The molecule has 0 aliphatic carbocycles. The Morgan fingerprint density at radius 3 is 2.57 bits per heavy atom. The van der Waals surface area contributed by atoms with Gasteiger partial charge >= 0.3 is 5.97 Å². The van der Waals surface area contributed by atoms with E-state index in [2.05, 4.69) is 6.92 Å². The highest BCUT2D eigenvalue weighted by Crippen LogP contribution is 2.43. The maximum Gasteiger partial charge on any atom is 0.335 e. The van der Waals surface area contributed by atoms with Gasteiger partial charge in [-0.15, -0.1) is 0 Å². The van der Waals surface area contributed by atoms with Crippen LogP contribution in [-0.4, -0.2) is 5.97 Å². The highest BCUT2D eigenvalue weighted by atomic mass is 16.5. The lowest BCUT2D eigenvalue weighted by atomic mass is 9.93. The van der Waals surface area contributed by atoms with Gasteiger partial charge in [-0.2, -0.15) is 0 Å². The van der Waals surface area contributed by atoms with E-state index in [0.717, 1.165) is 40.9 Å². The molecule has 21 heavy (non-hydrogen) atoms. The molecule has 1 aliphatic rings. The van der Waals surface area contributed by atoms with Crippen LogP contribution in [0.3, 0.4) is 0 Å². The topological polar surface area (TPSA) is 39.4 Å². The molecule has 1 aromatic heterocycles. The Bertz CT molecular complexity index is 679. The van der Waals surface area contributed by atoms with Crippen LogP contribution in [0.15, 0.2) is 52.7 Å². The van der Waals surface area contributed by atoms with Crippen molar-refractivity contribution in [3.63, 3.8) is 0 Å². The summed E-state index contributed by atoms with van der Waals surface area (Å²) < 4.78 is 11.1. The molecule has 1 atom stereocenters. The number of benzene rings is 1. The van der Waals surface area contributed by atoms with Crippen LogP contribution in [-0.2, 0) is 9.53 Å². The van der Waals surface area contributed by atoms with Gasteiger partial charge in [0.05, 0.1) is 6.26 Å². The zero-order chi connectivity index (χ0) is 14.8. The monoisotopic (exact) mass is 282 g/mol. The molecule has 1 aromatic carbocycles. The van der Waals surface area contributed by atoms with Gasteiger partial charge in [-0.1, -0.05) is 43.7 Å². The smallest absolute Gasteiger partial charge is 0.335 e. The Kier molecular flexibility index (Phi) is 3.65. The van der Waals surface area contributed by atoms with Crippen LogP contribution in [0.2, 0.25) is 0 Å². The van der Waals surface area contributed by atoms with Crippen molar-refractivity contribution in [2.45, 2.75) is 32.8 Å². The van der Waals surface area contributed by atoms with Gasteiger partial charge in [0.15, 0.2) is 6.10 Å². The molecule has 3 rings (SSSR count). The van der Waals surface area contributed by atoms with Gasteiger partial charge in [-0.3, -0.25) is 0 Å². The number of esters is 1. The number of ether oxygens (including phenoxy) is 1. The number of hydrogen-bond acceptors (Lipinski definition) is 3. The summed E-state index contributed by atoms with van der Waals surface area (Å²) in [6, 6.07) is 11.8. The highest BCUT2D eigenvalue weighted by Gasteiger charge is 2.35. The maximum absolute atomic E-state index is 12.2. The molecule has 0 radical (unpaired) electrons. The molecule has 108 valence electrons. The normalized spacial score (nSPS) is 18.2. The van der Waals surface area contributed by atoms with Crippen molar-refractivity contribution in [3.8, 4) is 0 Å². The lowest BCUT2D eigenvalue weighted by Crippen LogP contribution is -2.03. The van der Waals surface area contributed by atoms with E-state index >= 15 is 0 Å². The fourth-order valence-electron chi connectivity index (χ4n) is 2.76. The van der Waals surface area contributed by atoms with Crippen molar-refractivity contribution in [1.29, 1.82) is 0 Å². The van der Waals surface area contributed by atoms with Crippen LogP contribution in [0.25, 0.3) is 5.57 Å². The molecule has 0 spiro atoms. The SMILES string of the molecule is CCCC1=C(c2coc(C)c2)[C@H](c2ccccc2)OC1=O. The molecule has 3 nitrogen and oxygen atoms in total. The number of rotatable bonds is 4. The molecule has 0 unspecified atom stereocenters. The average Bonchev–Trinajstić information content (AvgIpc) is 3.05. The molecule has 3 heteroatoms. The molecule has 0 N–H and O–H groups in total. The molecule has 2 heterocycles. The standard InChI is InChI=1S/C18H18O3/c1-3-7-15-16(14-10-12(2)20-11-14)17(21-18(15)19)13-8-5-4-6-9-13/h4-6,8-11,17H,3,7H2,1-2H3/t17-/m0/s1. The van der Waals surface area contributed by atoms with E-state index in [4.69, 9.17) is 9.15 Å². The van der Waals surface area contributed by atoms with Crippen LogP contribution < -0.4 is 0 Å². The first kappa shape index (κ1) is 13.7. The summed E-state index contributed by atoms with van der Waals surface area (Å²) in [5, 5.41) is 0. The van der Waals surface area contributed by atoms with Gasteiger partial charge in [0, 0.05) is 16.7 Å². The van der Waals surface area contributed by atoms with E-state index in [1.165, 1.54) is 0 Å². The summed E-state index contributed by atoms with van der Waals surface area (Å²) in [5.41, 5.74) is 3.65. The van der Waals surface area contributed by atoms with E-state index in [9.17, 15) is 4.79 Å². The fraction of sp³-hybridized carbons (Fsp3) is 0.278. The molecular formula is C18H18O3. The van der Waals surface area contributed by atoms with E-state index in [0.29, 0.717) is 0 Å². The van der Waals surface area contributed by atoms with Gasteiger partial charge in [-0.25, -0.2) is 4.79 Å². The predicted octanol–water partition coefficient (Wildman–Crippen LogP) is 4.44. The molecule has 2 aromatic rings. The van der Waals surface area contributed by atoms with Crippen LogP contribution in [0.1, 0.15) is 42.8 Å². The Labute approximate surface area is 124 Å². The molecule has 0 saturated heterocycles. The first-order valence-corrected chi connectivity index (χ1v) is 7.25. The van der Waals surface area contributed by atoms with Gasteiger partial charge < -0.3 is 9.15 Å². The summed E-state index contributed by atoms with van der Waals surface area (Å²) in [7, 11) is 0. The second-order valence-corrected chi connectivity index (χ2v) is 5.28. The lowest BCUT2D eigenvalue weighted by Gasteiger charge is -2.13. The lowest BCUT2D eigenvalue weighted by molar-refractivity contribution is -0.139. The minimum Gasteiger partial charge on any atom is -0.469 e. The van der Waals surface area contributed by atoms with Crippen LogP contribution >= 0.6 is 0 Å². The van der Waals surface area contributed by atoms with Crippen molar-refractivity contribution in [2.75, 3.05) is 0 Å². The van der Waals surface area contributed by atoms with Crippen LogP contribution in [0.4, 0.5) is 0 Å². The van der Waals surface area contributed by atoms with Crippen LogP contribution in [0.5, 0.6) is 0 Å². The summed E-state index contributed by atoms with van der Waals surface area (Å²) >= 11 is 0. The van der Waals surface area contributed by atoms with Crippen molar-refractivity contribution in [2.24, 2.45) is 0 Å². The zero-order valence-corrected chi connectivity index (χ0v) is 12.3. The summed E-state index contributed by atoms with van der Waals surface area (Å²) in [6.07, 6.45) is 3.00. The number of carbonyl (C=O) groups is 1. The predicted molar refractivity (Wildman–Crippen MR) is 80.5 cm³/mol. The molecular weight excluding hydrogens is 264 g/mol. The largest absolute Gasteiger partial charge is 0.469 e. The summed E-state index contributed by atoms with van der Waals surface area (Å²) in [4.78, 5) is 12.2. The average molecular weight is 282 g/mol. The summed E-state index contributed by atoms with van der Waals surface area (Å²) in [6.45, 7) is 3.97. The van der Waals surface area contributed by atoms with Gasteiger partial charge in [0.2, 0.25) is 0 Å². The number of cyclic esters (lactones) is 1. The van der Waals surface area contributed by atoms with Crippen molar-refractivity contribution < 1.29 is 13.9 Å². The van der Waals surface area contributed by atoms with Crippen molar-refractivity contribution in [3.05, 3.63) is 65.1 Å². The van der Waals surface area contributed by atoms with E-state index in [-0.39, 0.29) is 12.1 Å². The number of furan rings is 1. The second kappa shape index (κ2) is 5.60. The second-order valence-electron chi connectivity index (χ2n) is 5.28. The first-order chi connectivity index (χ1) is 10.2. The third-order valence-corrected chi connectivity index (χ3v) is 3.70. The zero-order valence-electron chi connectivity index (χ0n) is 12.3. The van der Waals surface area contributed by atoms with E-state index in [1.807, 2.05) is 43.3 Å². The Hall–Kier alpha value is -2.29. The van der Waals surface area contributed by atoms with E-state index in [1.54, 1.807) is 6.26 Å². The van der Waals surface area contributed by atoms with Gasteiger partial charge in [-0.05, 0) is 25.0 Å². The number of aryl methyl sites for hydroxylation is 1. The van der Waals surface area contributed by atoms with Crippen molar-refractivity contribution >= 4 is 11.5 Å². The quantitative estimate of drug-likeness (QED) is 0.778. The minimum atomic E-state index is -0.336. The molecule has 0 saturated carbocycles. The third-order valence-electron chi connectivity index (χ3n) is 3.70. The maximum atomic E-state index is 12.2. The van der Waals surface area contributed by atoms with E-state index < -0.39 is 0 Å².